The van der Waals surface area contributed by atoms with Crippen LogP contribution < -0.4 is 9.62 Å². The minimum atomic E-state index is -4.15. The summed E-state index contributed by atoms with van der Waals surface area (Å²) in [5.41, 5.74) is 1.61. The highest BCUT2D eigenvalue weighted by molar-refractivity contribution is 9.10. The lowest BCUT2D eigenvalue weighted by Gasteiger charge is -2.32. The molecule has 0 radical (unpaired) electrons. The molecule has 0 spiro atoms. The summed E-state index contributed by atoms with van der Waals surface area (Å²) in [7, 11) is -4.15. The molecule has 3 aromatic carbocycles. The van der Waals surface area contributed by atoms with Crippen LogP contribution in [0.3, 0.4) is 0 Å². The predicted molar refractivity (Wildman–Crippen MR) is 159 cm³/mol. The number of amides is 2. The summed E-state index contributed by atoms with van der Waals surface area (Å²) >= 11 is 9.77. The van der Waals surface area contributed by atoms with Crippen molar-refractivity contribution < 1.29 is 18.0 Å². The average molecular weight is 635 g/mol. The summed E-state index contributed by atoms with van der Waals surface area (Å²) in [5, 5.41) is 3.26. The standard InChI is InChI=1S/C29H33BrClN3O4S/c1-20(2)17-32-29(36)22(4)33(18-23-13-15-24(30)16-14-23)28(35)19-34(27-12-8-11-26(31)21(27)3)39(37,38)25-9-6-5-7-10-25/h5-16,20,22H,17-19H2,1-4H3,(H,32,36). The Morgan fingerprint density at radius 2 is 1.59 bits per heavy atom. The molecule has 0 saturated heterocycles. The summed E-state index contributed by atoms with van der Waals surface area (Å²) < 4.78 is 29.7. The van der Waals surface area contributed by atoms with Gasteiger partial charge in [0.2, 0.25) is 11.8 Å². The summed E-state index contributed by atoms with van der Waals surface area (Å²) in [5.74, 6) is -0.608. The van der Waals surface area contributed by atoms with E-state index in [4.69, 9.17) is 11.6 Å². The van der Waals surface area contributed by atoms with Gasteiger partial charge >= 0.3 is 0 Å². The molecule has 208 valence electrons. The molecule has 3 aromatic rings. The van der Waals surface area contributed by atoms with Gasteiger partial charge in [0.15, 0.2) is 0 Å². The van der Waals surface area contributed by atoms with Crippen LogP contribution in [-0.2, 0) is 26.2 Å². The van der Waals surface area contributed by atoms with Crippen LogP contribution in [0.25, 0.3) is 0 Å². The van der Waals surface area contributed by atoms with Crippen LogP contribution in [0.4, 0.5) is 5.69 Å². The molecule has 3 rings (SSSR count). The first kappa shape index (κ1) is 30.7. The zero-order valence-electron chi connectivity index (χ0n) is 22.4. The molecule has 0 bridgehead atoms. The number of hydrogen-bond acceptors (Lipinski definition) is 4. The van der Waals surface area contributed by atoms with E-state index in [9.17, 15) is 18.0 Å². The number of nitrogens with zero attached hydrogens (tertiary/aromatic N) is 2. The van der Waals surface area contributed by atoms with Gasteiger partial charge < -0.3 is 10.2 Å². The van der Waals surface area contributed by atoms with Gasteiger partial charge in [0, 0.05) is 22.6 Å². The monoisotopic (exact) mass is 633 g/mol. The summed E-state index contributed by atoms with van der Waals surface area (Å²) in [6.07, 6.45) is 0. The van der Waals surface area contributed by atoms with E-state index in [2.05, 4.69) is 21.2 Å². The molecule has 0 aliphatic heterocycles. The Labute approximate surface area is 244 Å². The van der Waals surface area contributed by atoms with Crippen molar-refractivity contribution in [3.05, 3.63) is 93.4 Å². The van der Waals surface area contributed by atoms with Crippen LogP contribution >= 0.6 is 27.5 Å². The number of hydrogen-bond donors (Lipinski definition) is 1. The van der Waals surface area contributed by atoms with E-state index in [0.29, 0.717) is 22.8 Å². The highest BCUT2D eigenvalue weighted by Gasteiger charge is 2.33. The van der Waals surface area contributed by atoms with Gasteiger partial charge in [-0.15, -0.1) is 0 Å². The van der Waals surface area contributed by atoms with Gasteiger partial charge in [-0.1, -0.05) is 77.8 Å². The maximum atomic E-state index is 14.0. The number of halogens is 2. The normalized spacial score (nSPS) is 12.2. The lowest BCUT2D eigenvalue weighted by atomic mass is 10.1. The van der Waals surface area contributed by atoms with Crippen LogP contribution in [-0.4, -0.2) is 44.3 Å². The van der Waals surface area contributed by atoms with Crippen LogP contribution in [0.2, 0.25) is 5.02 Å². The number of benzene rings is 3. The van der Waals surface area contributed by atoms with Crippen molar-refractivity contribution >= 4 is 55.1 Å². The molecule has 0 aromatic heterocycles. The number of rotatable bonds is 11. The highest BCUT2D eigenvalue weighted by atomic mass is 79.9. The van der Waals surface area contributed by atoms with Gasteiger partial charge in [0.05, 0.1) is 10.6 Å². The molecule has 0 aliphatic rings. The van der Waals surface area contributed by atoms with Crippen molar-refractivity contribution in [2.75, 3.05) is 17.4 Å². The Morgan fingerprint density at radius 1 is 0.949 bits per heavy atom. The minimum absolute atomic E-state index is 0.0411. The summed E-state index contributed by atoms with van der Waals surface area (Å²) in [6, 6.07) is 19.4. The van der Waals surface area contributed by atoms with E-state index in [1.165, 1.54) is 17.0 Å². The smallest absolute Gasteiger partial charge is 0.264 e. The van der Waals surface area contributed by atoms with E-state index in [-0.39, 0.29) is 23.3 Å². The van der Waals surface area contributed by atoms with E-state index < -0.39 is 28.5 Å². The molecule has 7 nitrogen and oxygen atoms in total. The second-order valence-corrected chi connectivity index (χ2v) is 12.9. The van der Waals surface area contributed by atoms with Crippen LogP contribution in [0.1, 0.15) is 31.9 Å². The highest BCUT2D eigenvalue weighted by Crippen LogP contribution is 2.31. The fraction of sp³-hybridized carbons (Fsp3) is 0.310. The molecule has 0 fully saturated rings. The summed E-state index contributed by atoms with van der Waals surface area (Å²) in [6.45, 7) is 7.38. The topological polar surface area (TPSA) is 86.8 Å². The first-order valence-electron chi connectivity index (χ1n) is 12.6. The van der Waals surface area contributed by atoms with Crippen molar-refractivity contribution in [1.29, 1.82) is 0 Å². The Balaban J connectivity index is 2.04. The van der Waals surface area contributed by atoms with Crippen LogP contribution in [0.15, 0.2) is 82.2 Å². The number of sulfonamides is 1. The molecule has 10 heteroatoms. The van der Waals surface area contributed by atoms with Gasteiger partial charge in [-0.05, 0) is 67.3 Å². The van der Waals surface area contributed by atoms with E-state index in [1.54, 1.807) is 50.2 Å². The molecular formula is C29H33BrClN3O4S. The molecule has 1 N–H and O–H groups in total. The van der Waals surface area contributed by atoms with Gasteiger partial charge in [-0.3, -0.25) is 13.9 Å². The molecule has 0 heterocycles. The first-order chi connectivity index (χ1) is 18.4. The van der Waals surface area contributed by atoms with Gasteiger partial charge in [0.1, 0.15) is 12.6 Å². The molecule has 39 heavy (non-hydrogen) atoms. The van der Waals surface area contributed by atoms with Crippen molar-refractivity contribution in [2.24, 2.45) is 5.92 Å². The zero-order chi connectivity index (χ0) is 28.7. The van der Waals surface area contributed by atoms with Crippen molar-refractivity contribution in [1.82, 2.24) is 10.2 Å². The third-order valence-electron chi connectivity index (χ3n) is 6.24. The third-order valence-corrected chi connectivity index (χ3v) is 8.95. The maximum Gasteiger partial charge on any atom is 0.264 e. The summed E-state index contributed by atoms with van der Waals surface area (Å²) in [4.78, 5) is 28.5. The number of anilines is 1. The zero-order valence-corrected chi connectivity index (χ0v) is 25.6. The van der Waals surface area contributed by atoms with Crippen molar-refractivity contribution in [3.8, 4) is 0 Å². The lowest BCUT2D eigenvalue weighted by molar-refractivity contribution is -0.139. The number of carbonyl (C=O) groups excluding carboxylic acids is 2. The van der Waals surface area contributed by atoms with E-state index in [1.807, 2.05) is 38.1 Å². The average Bonchev–Trinajstić information content (AvgIpc) is 2.91. The second kappa shape index (κ2) is 13.5. The fourth-order valence-electron chi connectivity index (χ4n) is 3.92. The number of carbonyl (C=O) groups is 2. The molecule has 1 atom stereocenters. The molecule has 2 amide bonds. The fourth-order valence-corrected chi connectivity index (χ4v) is 5.85. The van der Waals surface area contributed by atoms with Gasteiger partial charge in [-0.2, -0.15) is 0 Å². The lowest BCUT2D eigenvalue weighted by Crippen LogP contribution is -2.51. The quantitative estimate of drug-likeness (QED) is 0.289. The maximum absolute atomic E-state index is 14.0. The molecule has 1 unspecified atom stereocenters. The Morgan fingerprint density at radius 3 is 2.21 bits per heavy atom. The second-order valence-electron chi connectivity index (χ2n) is 9.67. The van der Waals surface area contributed by atoms with Crippen LogP contribution in [0.5, 0.6) is 0 Å². The minimum Gasteiger partial charge on any atom is -0.354 e. The van der Waals surface area contributed by atoms with Crippen molar-refractivity contribution in [3.63, 3.8) is 0 Å². The van der Waals surface area contributed by atoms with E-state index >= 15 is 0 Å². The van der Waals surface area contributed by atoms with Crippen molar-refractivity contribution in [2.45, 2.75) is 45.2 Å². The van der Waals surface area contributed by atoms with Gasteiger partial charge in [0.25, 0.3) is 10.0 Å². The molecule has 0 saturated carbocycles. The van der Waals surface area contributed by atoms with E-state index in [0.717, 1.165) is 14.3 Å². The molecular weight excluding hydrogens is 602 g/mol. The Kier molecular flexibility index (Phi) is 10.6. The predicted octanol–water partition coefficient (Wildman–Crippen LogP) is 5.80. The largest absolute Gasteiger partial charge is 0.354 e. The molecule has 0 aliphatic carbocycles. The first-order valence-corrected chi connectivity index (χ1v) is 15.2. The SMILES string of the molecule is Cc1c(Cl)cccc1N(CC(=O)N(Cc1ccc(Br)cc1)C(C)C(=O)NCC(C)C)S(=O)(=O)c1ccccc1. The Bertz CT molecular complexity index is 1400. The number of nitrogens with one attached hydrogen (secondary N) is 1. The third kappa shape index (κ3) is 7.84. The van der Waals surface area contributed by atoms with Crippen LogP contribution in [0, 0.1) is 12.8 Å². The van der Waals surface area contributed by atoms with Gasteiger partial charge in [-0.25, -0.2) is 8.42 Å². The Hall–Kier alpha value is -2.88.